The molecule has 0 aliphatic carbocycles. The lowest BCUT2D eigenvalue weighted by Gasteiger charge is -2.17. The Bertz CT molecular complexity index is 424. The van der Waals surface area contributed by atoms with E-state index in [4.69, 9.17) is 5.73 Å². The highest BCUT2D eigenvalue weighted by atomic mass is 16.1. The van der Waals surface area contributed by atoms with E-state index in [9.17, 15) is 4.79 Å². The quantitative estimate of drug-likeness (QED) is 0.789. The lowest BCUT2D eigenvalue weighted by Crippen LogP contribution is -2.24. The fourth-order valence-corrected chi connectivity index (χ4v) is 1.50. The van der Waals surface area contributed by atoms with Crippen molar-refractivity contribution in [1.82, 2.24) is 0 Å². The second kappa shape index (κ2) is 5.21. The van der Waals surface area contributed by atoms with E-state index in [1.807, 2.05) is 46.8 Å². The van der Waals surface area contributed by atoms with Crippen LogP contribution in [0.2, 0.25) is 0 Å². The van der Waals surface area contributed by atoms with Crippen molar-refractivity contribution in [2.45, 2.75) is 34.6 Å². The first-order chi connectivity index (χ1) is 7.82. The number of nitrogens with two attached hydrogens (primary N) is 1. The Labute approximate surface area is 103 Å². The number of anilines is 2. The van der Waals surface area contributed by atoms with Crippen LogP contribution in [-0.2, 0) is 4.79 Å². The van der Waals surface area contributed by atoms with Crippen molar-refractivity contribution in [3.05, 3.63) is 23.3 Å². The number of rotatable bonds is 3. The monoisotopic (exact) mass is 234 g/mol. The Morgan fingerprint density at radius 2 is 1.71 bits per heavy atom. The largest absolute Gasteiger partial charge is 0.397 e. The molecule has 0 saturated heterocycles. The predicted molar refractivity (Wildman–Crippen MR) is 73.0 cm³/mol. The summed E-state index contributed by atoms with van der Waals surface area (Å²) in [6, 6.07) is 3.82. The van der Waals surface area contributed by atoms with Crippen molar-refractivity contribution in [1.29, 1.82) is 0 Å². The molecule has 0 aliphatic rings. The summed E-state index contributed by atoms with van der Waals surface area (Å²) in [6.07, 6.45) is 0. The maximum absolute atomic E-state index is 11.9. The third kappa shape index (κ3) is 3.22. The molecule has 0 aliphatic heterocycles. The van der Waals surface area contributed by atoms with E-state index in [1.54, 1.807) is 0 Å². The molecule has 3 heteroatoms. The number of benzene rings is 1. The van der Waals surface area contributed by atoms with E-state index >= 15 is 0 Å². The Balaban J connectivity index is 2.89. The van der Waals surface area contributed by atoms with Gasteiger partial charge >= 0.3 is 0 Å². The van der Waals surface area contributed by atoms with Crippen molar-refractivity contribution in [2.24, 2.45) is 11.8 Å². The van der Waals surface area contributed by atoms with Gasteiger partial charge in [0.15, 0.2) is 0 Å². The lowest BCUT2D eigenvalue weighted by atomic mass is 9.97. The number of hydrogen-bond donors (Lipinski definition) is 2. The number of nitrogens with one attached hydrogen (secondary N) is 1. The van der Waals surface area contributed by atoms with Crippen LogP contribution in [0, 0.1) is 25.7 Å². The molecule has 3 nitrogen and oxygen atoms in total. The summed E-state index contributed by atoms with van der Waals surface area (Å²) in [5, 5.41) is 2.90. The van der Waals surface area contributed by atoms with Gasteiger partial charge in [0.1, 0.15) is 0 Å². The van der Waals surface area contributed by atoms with Crippen molar-refractivity contribution >= 4 is 17.3 Å². The number of amides is 1. The highest BCUT2D eigenvalue weighted by molar-refractivity contribution is 5.95. The van der Waals surface area contributed by atoms with Crippen LogP contribution in [0.15, 0.2) is 12.1 Å². The third-order valence-corrected chi connectivity index (χ3v) is 3.34. The molecule has 0 spiro atoms. The van der Waals surface area contributed by atoms with Crippen molar-refractivity contribution in [3.63, 3.8) is 0 Å². The first-order valence-corrected chi connectivity index (χ1v) is 6.00. The Morgan fingerprint density at radius 1 is 1.18 bits per heavy atom. The minimum absolute atomic E-state index is 0.0176. The van der Waals surface area contributed by atoms with Crippen molar-refractivity contribution in [3.8, 4) is 0 Å². The molecule has 0 radical (unpaired) electrons. The molecule has 0 fully saturated rings. The van der Waals surface area contributed by atoms with E-state index in [0.717, 1.165) is 11.1 Å². The van der Waals surface area contributed by atoms with Gasteiger partial charge in [0.05, 0.1) is 11.4 Å². The SMILES string of the molecule is Cc1cc(N)c(NC(=O)C(C)C(C)C)cc1C. The number of nitrogen functional groups attached to an aromatic ring is 1. The highest BCUT2D eigenvalue weighted by Crippen LogP contribution is 2.24. The van der Waals surface area contributed by atoms with Crippen molar-refractivity contribution in [2.75, 3.05) is 11.1 Å². The number of carbonyl (C=O) groups is 1. The van der Waals surface area contributed by atoms with Gasteiger partial charge in [-0.15, -0.1) is 0 Å². The molecular weight excluding hydrogens is 212 g/mol. The van der Waals surface area contributed by atoms with E-state index in [1.165, 1.54) is 0 Å². The second-order valence-electron chi connectivity index (χ2n) is 5.05. The molecular formula is C14H22N2O. The van der Waals surface area contributed by atoms with Crippen LogP contribution in [0.1, 0.15) is 31.9 Å². The minimum atomic E-state index is -0.0176. The summed E-state index contributed by atoms with van der Waals surface area (Å²) in [7, 11) is 0. The molecule has 0 aromatic heterocycles. The Kier molecular flexibility index (Phi) is 4.16. The molecule has 1 rings (SSSR count). The van der Waals surface area contributed by atoms with Crippen molar-refractivity contribution < 1.29 is 4.79 Å². The predicted octanol–water partition coefficient (Wildman–Crippen LogP) is 3.12. The fourth-order valence-electron chi connectivity index (χ4n) is 1.50. The summed E-state index contributed by atoms with van der Waals surface area (Å²) in [5.41, 5.74) is 9.50. The van der Waals surface area contributed by atoms with Gasteiger partial charge < -0.3 is 11.1 Å². The third-order valence-electron chi connectivity index (χ3n) is 3.34. The van der Waals surface area contributed by atoms with Crippen LogP contribution in [0.5, 0.6) is 0 Å². The summed E-state index contributed by atoms with van der Waals surface area (Å²) in [6.45, 7) is 10.0. The maximum atomic E-state index is 11.9. The molecule has 17 heavy (non-hydrogen) atoms. The molecule has 3 N–H and O–H groups in total. The zero-order valence-corrected chi connectivity index (χ0v) is 11.3. The zero-order chi connectivity index (χ0) is 13.2. The van der Waals surface area contributed by atoms with Gasteiger partial charge in [-0.2, -0.15) is 0 Å². The number of carbonyl (C=O) groups excluding carboxylic acids is 1. The number of aryl methyl sites for hydroxylation is 2. The number of hydrogen-bond acceptors (Lipinski definition) is 2. The van der Waals surface area contributed by atoms with Gasteiger partial charge in [0.25, 0.3) is 0 Å². The standard InChI is InChI=1S/C14H22N2O/c1-8(2)11(5)14(17)16-13-7-10(4)9(3)6-12(13)15/h6-8,11H,15H2,1-5H3,(H,16,17). The molecule has 1 amide bonds. The first-order valence-electron chi connectivity index (χ1n) is 6.00. The summed E-state index contributed by atoms with van der Waals surface area (Å²) in [4.78, 5) is 11.9. The zero-order valence-electron chi connectivity index (χ0n) is 11.3. The molecule has 0 bridgehead atoms. The molecule has 1 aromatic rings. The fraction of sp³-hybridized carbons (Fsp3) is 0.500. The van der Waals surface area contributed by atoms with Gasteiger partial charge in [-0.05, 0) is 43.0 Å². The van der Waals surface area contributed by atoms with Gasteiger partial charge in [-0.3, -0.25) is 4.79 Å². The topological polar surface area (TPSA) is 55.1 Å². The van der Waals surface area contributed by atoms with Crippen LogP contribution < -0.4 is 11.1 Å². The van der Waals surface area contributed by atoms with E-state index in [0.29, 0.717) is 17.3 Å². The average molecular weight is 234 g/mol. The van der Waals surface area contributed by atoms with Crippen LogP contribution in [0.3, 0.4) is 0 Å². The van der Waals surface area contributed by atoms with Crippen LogP contribution in [-0.4, -0.2) is 5.91 Å². The van der Waals surface area contributed by atoms with Gasteiger partial charge in [0, 0.05) is 5.92 Å². The maximum Gasteiger partial charge on any atom is 0.227 e. The van der Waals surface area contributed by atoms with Gasteiger partial charge in [0.2, 0.25) is 5.91 Å². The minimum Gasteiger partial charge on any atom is -0.397 e. The molecule has 1 aromatic carbocycles. The molecule has 0 saturated carbocycles. The molecule has 0 heterocycles. The second-order valence-corrected chi connectivity index (χ2v) is 5.05. The van der Waals surface area contributed by atoms with Crippen LogP contribution in [0.4, 0.5) is 11.4 Å². The average Bonchev–Trinajstić information content (AvgIpc) is 2.24. The van der Waals surface area contributed by atoms with E-state index in [-0.39, 0.29) is 11.8 Å². The van der Waals surface area contributed by atoms with Gasteiger partial charge in [-0.25, -0.2) is 0 Å². The molecule has 1 atom stereocenters. The summed E-state index contributed by atoms with van der Waals surface area (Å²) < 4.78 is 0. The molecule has 94 valence electrons. The highest BCUT2D eigenvalue weighted by Gasteiger charge is 2.17. The first kappa shape index (κ1) is 13.6. The van der Waals surface area contributed by atoms with E-state index in [2.05, 4.69) is 5.32 Å². The van der Waals surface area contributed by atoms with Crippen LogP contribution >= 0.6 is 0 Å². The van der Waals surface area contributed by atoms with E-state index < -0.39 is 0 Å². The normalized spacial score (nSPS) is 12.6. The smallest absolute Gasteiger partial charge is 0.227 e. The Hall–Kier alpha value is -1.51. The summed E-state index contributed by atoms with van der Waals surface area (Å²) >= 11 is 0. The Morgan fingerprint density at radius 3 is 2.24 bits per heavy atom. The summed E-state index contributed by atoms with van der Waals surface area (Å²) in [5.74, 6) is 0.328. The molecule has 1 unspecified atom stereocenters. The van der Waals surface area contributed by atoms with Crippen LogP contribution in [0.25, 0.3) is 0 Å². The van der Waals surface area contributed by atoms with Gasteiger partial charge in [-0.1, -0.05) is 20.8 Å². The lowest BCUT2D eigenvalue weighted by molar-refractivity contribution is -0.120.